The number of anilines is 1. The van der Waals surface area contributed by atoms with Crippen LogP contribution in [0.4, 0.5) is 18.9 Å². The summed E-state index contributed by atoms with van der Waals surface area (Å²) in [6.07, 6.45) is -4.36. The number of hydrogen-bond donors (Lipinski definition) is 1. The van der Waals surface area contributed by atoms with Crippen molar-refractivity contribution in [1.29, 1.82) is 0 Å². The van der Waals surface area contributed by atoms with Crippen molar-refractivity contribution in [3.8, 4) is 5.75 Å². The third kappa shape index (κ3) is 5.07. The van der Waals surface area contributed by atoms with E-state index in [1.807, 2.05) is 0 Å². The standard InChI is InChI=1S/C12H14F3NO2/c1-8(2)11(17)16-9-3-5-10(6-4-9)18-7-12(13,14)15/h3-6,8H,7H2,1-2H3,(H,16,17). The molecule has 0 spiro atoms. The summed E-state index contributed by atoms with van der Waals surface area (Å²) < 4.78 is 40.2. The highest BCUT2D eigenvalue weighted by atomic mass is 19.4. The lowest BCUT2D eigenvalue weighted by Gasteiger charge is -2.10. The molecule has 100 valence electrons. The second kappa shape index (κ2) is 5.75. The molecular formula is C12H14F3NO2. The van der Waals surface area contributed by atoms with Crippen LogP contribution in [0, 0.1) is 5.92 Å². The minimum Gasteiger partial charge on any atom is -0.484 e. The van der Waals surface area contributed by atoms with Gasteiger partial charge in [0.25, 0.3) is 0 Å². The van der Waals surface area contributed by atoms with Gasteiger partial charge < -0.3 is 10.1 Å². The molecule has 1 aromatic rings. The zero-order chi connectivity index (χ0) is 13.8. The summed E-state index contributed by atoms with van der Waals surface area (Å²) in [5.41, 5.74) is 0.521. The van der Waals surface area contributed by atoms with E-state index in [0.717, 1.165) is 0 Å². The number of ether oxygens (including phenoxy) is 1. The lowest BCUT2D eigenvalue weighted by atomic mass is 10.2. The first-order chi connectivity index (χ1) is 8.28. The van der Waals surface area contributed by atoms with Crippen LogP contribution in [-0.2, 0) is 4.79 Å². The van der Waals surface area contributed by atoms with Crippen LogP contribution >= 0.6 is 0 Å². The van der Waals surface area contributed by atoms with Gasteiger partial charge in [0, 0.05) is 11.6 Å². The molecule has 0 unspecified atom stereocenters. The Bertz CT molecular complexity index is 399. The maximum Gasteiger partial charge on any atom is 0.422 e. The van der Waals surface area contributed by atoms with Crippen molar-refractivity contribution in [3.05, 3.63) is 24.3 Å². The van der Waals surface area contributed by atoms with Crippen molar-refractivity contribution >= 4 is 11.6 Å². The summed E-state index contributed by atoms with van der Waals surface area (Å²) in [6.45, 7) is 2.16. The van der Waals surface area contributed by atoms with Gasteiger partial charge in [-0.3, -0.25) is 4.79 Å². The van der Waals surface area contributed by atoms with Crippen LogP contribution in [0.3, 0.4) is 0 Å². The SMILES string of the molecule is CC(C)C(=O)Nc1ccc(OCC(F)(F)F)cc1. The van der Waals surface area contributed by atoms with E-state index in [9.17, 15) is 18.0 Å². The number of carbonyl (C=O) groups is 1. The van der Waals surface area contributed by atoms with Gasteiger partial charge in [-0.15, -0.1) is 0 Å². The van der Waals surface area contributed by atoms with Gasteiger partial charge in [0.05, 0.1) is 0 Å². The van der Waals surface area contributed by atoms with Crippen LogP contribution in [0.2, 0.25) is 0 Å². The predicted molar refractivity (Wildman–Crippen MR) is 61.5 cm³/mol. The van der Waals surface area contributed by atoms with Gasteiger partial charge in [-0.05, 0) is 24.3 Å². The van der Waals surface area contributed by atoms with Crippen LogP contribution in [0.1, 0.15) is 13.8 Å². The molecule has 0 bridgehead atoms. The fourth-order valence-electron chi connectivity index (χ4n) is 1.09. The molecule has 18 heavy (non-hydrogen) atoms. The molecular weight excluding hydrogens is 247 g/mol. The molecule has 0 radical (unpaired) electrons. The highest BCUT2D eigenvalue weighted by Gasteiger charge is 2.28. The molecule has 1 amide bonds. The summed E-state index contributed by atoms with van der Waals surface area (Å²) in [7, 11) is 0. The molecule has 0 heterocycles. The zero-order valence-corrected chi connectivity index (χ0v) is 10.0. The molecule has 0 aliphatic heterocycles. The number of alkyl halides is 3. The smallest absolute Gasteiger partial charge is 0.422 e. The molecule has 0 aliphatic rings. The second-order valence-electron chi connectivity index (χ2n) is 4.07. The van der Waals surface area contributed by atoms with Gasteiger partial charge in [-0.25, -0.2) is 0 Å². The molecule has 3 nitrogen and oxygen atoms in total. The molecule has 0 saturated carbocycles. The van der Waals surface area contributed by atoms with Crippen molar-refractivity contribution in [2.45, 2.75) is 20.0 Å². The Morgan fingerprint density at radius 2 is 1.83 bits per heavy atom. The quantitative estimate of drug-likeness (QED) is 0.903. The van der Waals surface area contributed by atoms with E-state index in [1.54, 1.807) is 13.8 Å². The van der Waals surface area contributed by atoms with Crippen molar-refractivity contribution in [1.82, 2.24) is 0 Å². The van der Waals surface area contributed by atoms with Gasteiger partial charge in [0.1, 0.15) is 5.75 Å². The number of nitrogens with one attached hydrogen (secondary N) is 1. The maximum absolute atomic E-state index is 11.9. The number of hydrogen-bond acceptors (Lipinski definition) is 2. The molecule has 1 aromatic carbocycles. The van der Waals surface area contributed by atoms with E-state index >= 15 is 0 Å². The minimum atomic E-state index is -4.36. The maximum atomic E-state index is 11.9. The topological polar surface area (TPSA) is 38.3 Å². The van der Waals surface area contributed by atoms with E-state index in [-0.39, 0.29) is 17.6 Å². The van der Waals surface area contributed by atoms with Gasteiger partial charge in [-0.2, -0.15) is 13.2 Å². The average Bonchev–Trinajstić information content (AvgIpc) is 2.27. The zero-order valence-electron chi connectivity index (χ0n) is 10.0. The van der Waals surface area contributed by atoms with Crippen LogP contribution in [0.25, 0.3) is 0 Å². The van der Waals surface area contributed by atoms with E-state index in [4.69, 9.17) is 0 Å². The summed E-state index contributed by atoms with van der Waals surface area (Å²) in [4.78, 5) is 11.4. The third-order valence-corrected chi connectivity index (χ3v) is 2.05. The van der Waals surface area contributed by atoms with Crippen molar-refractivity contribution in [2.75, 3.05) is 11.9 Å². The second-order valence-corrected chi connectivity index (χ2v) is 4.07. The molecule has 0 saturated heterocycles. The number of halogens is 3. The highest BCUT2D eigenvalue weighted by molar-refractivity contribution is 5.92. The van der Waals surface area contributed by atoms with Gasteiger partial charge >= 0.3 is 6.18 Å². The van der Waals surface area contributed by atoms with Crippen LogP contribution in [-0.4, -0.2) is 18.7 Å². The fraction of sp³-hybridized carbons (Fsp3) is 0.417. The lowest BCUT2D eigenvalue weighted by Crippen LogP contribution is -2.19. The number of carbonyl (C=O) groups excluding carboxylic acids is 1. The number of amides is 1. The Morgan fingerprint density at radius 1 is 1.28 bits per heavy atom. The van der Waals surface area contributed by atoms with Gasteiger partial charge in [0.15, 0.2) is 6.61 Å². The molecule has 0 fully saturated rings. The highest BCUT2D eigenvalue weighted by Crippen LogP contribution is 2.20. The van der Waals surface area contributed by atoms with Crippen LogP contribution in [0.5, 0.6) is 5.75 Å². The summed E-state index contributed by atoms with van der Waals surface area (Å²) in [6, 6.07) is 5.74. The van der Waals surface area contributed by atoms with Crippen LogP contribution < -0.4 is 10.1 Å². The van der Waals surface area contributed by atoms with Crippen molar-refractivity contribution < 1.29 is 22.7 Å². The normalized spacial score (nSPS) is 11.4. The van der Waals surface area contributed by atoms with E-state index in [2.05, 4.69) is 10.1 Å². The molecule has 1 rings (SSSR count). The third-order valence-electron chi connectivity index (χ3n) is 2.05. The first-order valence-corrected chi connectivity index (χ1v) is 5.38. The molecule has 6 heteroatoms. The van der Waals surface area contributed by atoms with Gasteiger partial charge in [0.2, 0.25) is 5.91 Å². The number of benzene rings is 1. The predicted octanol–water partition coefficient (Wildman–Crippen LogP) is 3.22. The fourth-order valence-corrected chi connectivity index (χ4v) is 1.09. The van der Waals surface area contributed by atoms with Gasteiger partial charge in [-0.1, -0.05) is 13.8 Å². The Morgan fingerprint density at radius 3 is 2.28 bits per heavy atom. The van der Waals surface area contributed by atoms with E-state index in [1.165, 1.54) is 24.3 Å². The molecule has 0 aliphatic carbocycles. The minimum absolute atomic E-state index is 0.106. The molecule has 1 N–H and O–H groups in total. The van der Waals surface area contributed by atoms with E-state index in [0.29, 0.717) is 5.69 Å². The largest absolute Gasteiger partial charge is 0.484 e. The first-order valence-electron chi connectivity index (χ1n) is 5.38. The molecule has 0 aromatic heterocycles. The Labute approximate surface area is 103 Å². The molecule has 0 atom stereocenters. The summed E-state index contributed by atoms with van der Waals surface area (Å²) in [5, 5.41) is 2.62. The van der Waals surface area contributed by atoms with Crippen molar-refractivity contribution in [3.63, 3.8) is 0 Å². The van der Waals surface area contributed by atoms with Crippen molar-refractivity contribution in [2.24, 2.45) is 5.92 Å². The Kier molecular flexibility index (Phi) is 4.58. The lowest BCUT2D eigenvalue weighted by molar-refractivity contribution is -0.153. The Hall–Kier alpha value is -1.72. The summed E-state index contributed by atoms with van der Waals surface area (Å²) in [5.74, 6) is -0.208. The first kappa shape index (κ1) is 14.3. The monoisotopic (exact) mass is 261 g/mol. The summed E-state index contributed by atoms with van der Waals surface area (Å²) >= 11 is 0. The van der Waals surface area contributed by atoms with Crippen LogP contribution in [0.15, 0.2) is 24.3 Å². The average molecular weight is 261 g/mol. The Balaban J connectivity index is 2.55. The number of rotatable bonds is 4. The van der Waals surface area contributed by atoms with E-state index < -0.39 is 12.8 Å².